The number of benzene rings is 1. The largest absolute Gasteiger partial charge is 0.497 e. The molecule has 0 radical (unpaired) electrons. The first-order valence-electron chi connectivity index (χ1n) is 8.33. The van der Waals surface area contributed by atoms with Crippen LogP contribution < -0.4 is 9.47 Å². The van der Waals surface area contributed by atoms with E-state index >= 15 is 0 Å². The first kappa shape index (κ1) is 16.1. The molecule has 23 heavy (non-hydrogen) atoms. The minimum absolute atomic E-state index is 0.376. The Morgan fingerprint density at radius 3 is 2.74 bits per heavy atom. The van der Waals surface area contributed by atoms with Crippen molar-refractivity contribution in [3.63, 3.8) is 0 Å². The van der Waals surface area contributed by atoms with Crippen LogP contribution >= 0.6 is 0 Å². The smallest absolute Gasteiger partial charge is 0.320 e. The summed E-state index contributed by atoms with van der Waals surface area (Å²) in [6.07, 6.45) is 5.44. The number of hydrogen-bond acceptors (Lipinski definition) is 4. The second-order valence-corrected chi connectivity index (χ2v) is 6.55. The van der Waals surface area contributed by atoms with Gasteiger partial charge in [0.2, 0.25) is 0 Å². The van der Waals surface area contributed by atoms with Crippen molar-refractivity contribution in [2.45, 2.75) is 50.7 Å². The van der Waals surface area contributed by atoms with Crippen molar-refractivity contribution in [1.82, 2.24) is 4.90 Å². The molecule has 1 aliphatic carbocycles. The first-order chi connectivity index (χ1) is 11.1. The van der Waals surface area contributed by atoms with E-state index in [1.165, 1.54) is 12.8 Å². The van der Waals surface area contributed by atoms with E-state index in [1.54, 1.807) is 14.2 Å². The fraction of sp³-hybridized carbons (Fsp3) is 0.611. The van der Waals surface area contributed by atoms with E-state index in [9.17, 15) is 9.90 Å². The van der Waals surface area contributed by atoms with Crippen LogP contribution in [0.2, 0.25) is 0 Å². The van der Waals surface area contributed by atoms with Crippen LogP contribution in [0.3, 0.4) is 0 Å². The molecule has 1 aromatic carbocycles. The molecule has 0 spiro atoms. The highest BCUT2D eigenvalue weighted by Gasteiger charge is 2.45. The third kappa shape index (κ3) is 3.15. The second kappa shape index (κ2) is 6.79. The molecular weight excluding hydrogens is 294 g/mol. The van der Waals surface area contributed by atoms with Crippen molar-refractivity contribution in [2.75, 3.05) is 14.2 Å². The quantitative estimate of drug-likeness (QED) is 0.904. The van der Waals surface area contributed by atoms with Gasteiger partial charge in [-0.15, -0.1) is 0 Å². The number of aliphatic carboxylic acids is 1. The highest BCUT2D eigenvalue weighted by molar-refractivity contribution is 5.74. The zero-order valence-corrected chi connectivity index (χ0v) is 13.8. The Kier molecular flexibility index (Phi) is 4.76. The number of carboxylic acids is 1. The summed E-state index contributed by atoms with van der Waals surface area (Å²) in [5, 5.41) is 9.64. The Morgan fingerprint density at radius 1 is 1.26 bits per heavy atom. The minimum atomic E-state index is -0.707. The van der Waals surface area contributed by atoms with Gasteiger partial charge in [-0.1, -0.05) is 12.8 Å². The Balaban J connectivity index is 1.88. The van der Waals surface area contributed by atoms with Gasteiger partial charge in [0.25, 0.3) is 0 Å². The molecule has 0 amide bonds. The van der Waals surface area contributed by atoms with E-state index in [0.717, 1.165) is 36.3 Å². The van der Waals surface area contributed by atoms with Crippen LogP contribution in [0, 0.1) is 5.92 Å². The molecule has 5 nitrogen and oxygen atoms in total. The Morgan fingerprint density at radius 2 is 2.04 bits per heavy atom. The van der Waals surface area contributed by atoms with Crippen molar-refractivity contribution in [3.8, 4) is 11.5 Å². The summed E-state index contributed by atoms with van der Waals surface area (Å²) in [6, 6.07) is 5.69. The summed E-state index contributed by atoms with van der Waals surface area (Å²) in [4.78, 5) is 13.9. The average Bonchev–Trinajstić information content (AvgIpc) is 2.94. The van der Waals surface area contributed by atoms with E-state index in [1.807, 2.05) is 18.2 Å². The number of methoxy groups -OCH3 is 2. The molecule has 1 N–H and O–H groups in total. The third-order valence-corrected chi connectivity index (χ3v) is 5.35. The number of fused-ring (bicyclic) bond motifs is 1. The minimum Gasteiger partial charge on any atom is -0.497 e. The lowest BCUT2D eigenvalue weighted by Gasteiger charge is -2.33. The van der Waals surface area contributed by atoms with Crippen molar-refractivity contribution >= 4 is 5.97 Å². The van der Waals surface area contributed by atoms with Crippen molar-refractivity contribution in [3.05, 3.63) is 23.8 Å². The zero-order chi connectivity index (χ0) is 16.4. The van der Waals surface area contributed by atoms with Crippen LogP contribution in [-0.2, 0) is 11.3 Å². The van der Waals surface area contributed by atoms with Crippen LogP contribution in [0.25, 0.3) is 0 Å². The maximum absolute atomic E-state index is 11.7. The zero-order valence-electron chi connectivity index (χ0n) is 13.8. The van der Waals surface area contributed by atoms with Gasteiger partial charge in [0.05, 0.1) is 14.2 Å². The van der Waals surface area contributed by atoms with Crippen molar-refractivity contribution < 1.29 is 19.4 Å². The maximum atomic E-state index is 11.7. The molecule has 0 bridgehead atoms. The summed E-state index contributed by atoms with van der Waals surface area (Å²) in [6.45, 7) is 0.596. The van der Waals surface area contributed by atoms with Gasteiger partial charge in [0.15, 0.2) is 0 Å². The number of carboxylic acid groups (broad SMARTS) is 1. The molecule has 126 valence electrons. The Hall–Kier alpha value is -1.75. The van der Waals surface area contributed by atoms with Gasteiger partial charge >= 0.3 is 5.97 Å². The topological polar surface area (TPSA) is 59.0 Å². The van der Waals surface area contributed by atoms with Gasteiger partial charge in [-0.25, -0.2) is 0 Å². The van der Waals surface area contributed by atoms with E-state index in [-0.39, 0.29) is 6.04 Å². The van der Waals surface area contributed by atoms with Crippen LogP contribution in [-0.4, -0.2) is 42.3 Å². The van der Waals surface area contributed by atoms with Gasteiger partial charge in [0, 0.05) is 18.2 Å². The molecule has 1 heterocycles. The van der Waals surface area contributed by atoms with E-state index < -0.39 is 5.97 Å². The van der Waals surface area contributed by atoms with E-state index in [2.05, 4.69) is 4.90 Å². The first-order valence-corrected chi connectivity index (χ1v) is 8.33. The SMILES string of the molecule is COc1ccc(OC)c(CN2C(C(=O)O)CC3CCCCC32)c1. The summed E-state index contributed by atoms with van der Waals surface area (Å²) in [5.41, 5.74) is 0.990. The van der Waals surface area contributed by atoms with Gasteiger partial charge in [-0.2, -0.15) is 0 Å². The van der Waals surface area contributed by atoms with Gasteiger partial charge < -0.3 is 14.6 Å². The normalized spacial score (nSPS) is 27.5. The second-order valence-electron chi connectivity index (χ2n) is 6.55. The summed E-state index contributed by atoms with van der Waals surface area (Å²) >= 11 is 0. The van der Waals surface area contributed by atoms with Crippen molar-refractivity contribution in [2.24, 2.45) is 5.92 Å². The lowest BCUT2D eigenvalue weighted by Crippen LogP contribution is -2.41. The average molecular weight is 319 g/mol. The van der Waals surface area contributed by atoms with Gasteiger partial charge in [0.1, 0.15) is 17.5 Å². The highest BCUT2D eigenvalue weighted by Crippen LogP contribution is 2.41. The number of ether oxygens (including phenoxy) is 2. The van der Waals surface area contributed by atoms with Gasteiger partial charge in [-0.3, -0.25) is 9.69 Å². The maximum Gasteiger partial charge on any atom is 0.320 e. The number of nitrogens with zero attached hydrogens (tertiary/aromatic N) is 1. The lowest BCUT2D eigenvalue weighted by molar-refractivity contribution is -0.142. The molecule has 1 aliphatic heterocycles. The predicted molar refractivity (Wildman–Crippen MR) is 86.9 cm³/mol. The number of carbonyl (C=O) groups is 1. The van der Waals surface area contributed by atoms with E-state index in [4.69, 9.17) is 9.47 Å². The fourth-order valence-electron chi connectivity index (χ4n) is 4.23. The van der Waals surface area contributed by atoms with Crippen LogP contribution in [0.4, 0.5) is 0 Å². The van der Waals surface area contributed by atoms with E-state index in [0.29, 0.717) is 18.5 Å². The van der Waals surface area contributed by atoms with Crippen LogP contribution in [0.1, 0.15) is 37.7 Å². The molecule has 3 atom stereocenters. The summed E-state index contributed by atoms with van der Waals surface area (Å²) < 4.78 is 10.8. The number of rotatable bonds is 5. The molecule has 0 aromatic heterocycles. The molecule has 5 heteroatoms. The highest BCUT2D eigenvalue weighted by atomic mass is 16.5. The van der Waals surface area contributed by atoms with Gasteiger partial charge in [-0.05, 0) is 43.4 Å². The molecule has 1 aromatic rings. The van der Waals surface area contributed by atoms with Crippen LogP contribution in [0.5, 0.6) is 11.5 Å². The monoisotopic (exact) mass is 319 g/mol. The lowest BCUT2D eigenvalue weighted by atomic mass is 9.84. The van der Waals surface area contributed by atoms with Crippen molar-refractivity contribution in [1.29, 1.82) is 0 Å². The molecule has 3 unspecified atom stereocenters. The third-order valence-electron chi connectivity index (χ3n) is 5.35. The number of hydrogen-bond donors (Lipinski definition) is 1. The summed E-state index contributed by atoms with van der Waals surface area (Å²) in [5.74, 6) is 1.36. The summed E-state index contributed by atoms with van der Waals surface area (Å²) in [7, 11) is 3.28. The van der Waals surface area contributed by atoms with Crippen LogP contribution in [0.15, 0.2) is 18.2 Å². The molecule has 1 saturated carbocycles. The molecule has 2 aliphatic rings. The Labute approximate surface area is 137 Å². The standard InChI is InChI=1S/C18H25NO4/c1-22-14-7-8-17(23-2)13(9-14)11-19-15-6-4-3-5-12(15)10-16(19)18(20)21/h7-9,12,15-16H,3-6,10-11H2,1-2H3,(H,20,21). The number of likely N-dealkylation sites (tertiary alicyclic amines) is 1. The molecule has 2 fully saturated rings. The molecule has 3 rings (SSSR count). The predicted octanol–water partition coefficient (Wildman–Crippen LogP) is 2.92. The Bertz CT molecular complexity index is 574. The molecular formula is C18H25NO4. The fourth-order valence-corrected chi connectivity index (χ4v) is 4.23. The molecule has 1 saturated heterocycles.